The number of nitrogens with one attached hydrogen (secondary N) is 2. The molecule has 25 heavy (non-hydrogen) atoms. The van der Waals surface area contributed by atoms with Crippen LogP contribution in [-0.4, -0.2) is 35.0 Å². The van der Waals surface area contributed by atoms with Crippen molar-refractivity contribution < 1.29 is 19.5 Å². The van der Waals surface area contributed by atoms with E-state index in [1.54, 1.807) is 0 Å². The molecule has 1 rings (SSSR count). The van der Waals surface area contributed by atoms with Crippen LogP contribution < -0.4 is 10.6 Å². The summed E-state index contributed by atoms with van der Waals surface area (Å²) >= 11 is 0. The molecule has 0 fully saturated rings. The number of carboxylic acids is 1. The van der Waals surface area contributed by atoms with Crippen molar-refractivity contribution in [1.82, 2.24) is 10.6 Å². The minimum absolute atomic E-state index is 0.190. The molecule has 1 aromatic rings. The van der Waals surface area contributed by atoms with E-state index in [-0.39, 0.29) is 18.2 Å². The number of carbonyl (C=O) groups excluding carboxylic acids is 2. The molecule has 0 aromatic heterocycles. The lowest BCUT2D eigenvalue weighted by Crippen LogP contribution is -2.52. The summed E-state index contributed by atoms with van der Waals surface area (Å²) in [6.45, 7) is 5.78. The Morgan fingerprint density at radius 1 is 1.04 bits per heavy atom. The Kier molecular flexibility index (Phi) is 8.67. The average molecular weight is 348 g/mol. The summed E-state index contributed by atoms with van der Waals surface area (Å²) in [4.78, 5) is 35.9. The van der Waals surface area contributed by atoms with Gasteiger partial charge in [-0.1, -0.05) is 51.1 Å². The molecule has 0 radical (unpaired) electrons. The zero-order valence-corrected chi connectivity index (χ0v) is 15.1. The largest absolute Gasteiger partial charge is 0.480 e. The maximum Gasteiger partial charge on any atom is 0.326 e. The van der Waals surface area contributed by atoms with Gasteiger partial charge in [-0.2, -0.15) is 0 Å². The van der Waals surface area contributed by atoms with E-state index in [1.807, 2.05) is 51.1 Å². The SMILES string of the molecule is CCCC(=O)N[C@@H](CC(C)C)C(=O)N[C@@H](Cc1ccccc1)C(=O)O. The second kappa shape index (κ2) is 10.5. The number of benzene rings is 1. The zero-order chi connectivity index (χ0) is 18.8. The van der Waals surface area contributed by atoms with Crippen LogP contribution in [0.1, 0.15) is 45.6 Å². The first kappa shape index (κ1) is 20.7. The van der Waals surface area contributed by atoms with Crippen molar-refractivity contribution in [3.8, 4) is 0 Å². The topological polar surface area (TPSA) is 95.5 Å². The molecule has 2 atom stereocenters. The Hall–Kier alpha value is -2.37. The van der Waals surface area contributed by atoms with E-state index in [4.69, 9.17) is 0 Å². The van der Waals surface area contributed by atoms with Gasteiger partial charge in [0.15, 0.2) is 0 Å². The van der Waals surface area contributed by atoms with Crippen molar-refractivity contribution in [2.24, 2.45) is 5.92 Å². The van der Waals surface area contributed by atoms with Crippen LogP contribution in [0.3, 0.4) is 0 Å². The Bertz CT molecular complexity index is 572. The molecular formula is C19H28N2O4. The molecule has 0 bridgehead atoms. The minimum Gasteiger partial charge on any atom is -0.480 e. The van der Waals surface area contributed by atoms with E-state index in [0.717, 1.165) is 5.56 Å². The summed E-state index contributed by atoms with van der Waals surface area (Å²) < 4.78 is 0. The molecule has 0 saturated carbocycles. The standard InChI is InChI=1S/C19H28N2O4/c1-4-8-17(22)20-15(11-13(2)3)18(23)21-16(19(24)25)12-14-9-6-5-7-10-14/h5-7,9-10,13,15-16H,4,8,11-12H2,1-3H3,(H,20,22)(H,21,23)(H,24,25)/t15-,16-/m0/s1. The molecule has 138 valence electrons. The van der Waals surface area contributed by atoms with Gasteiger partial charge in [0.2, 0.25) is 11.8 Å². The number of rotatable bonds is 10. The van der Waals surface area contributed by atoms with Crippen LogP contribution in [0.2, 0.25) is 0 Å². The fourth-order valence-electron chi connectivity index (χ4n) is 2.52. The molecule has 1 aromatic carbocycles. The van der Waals surface area contributed by atoms with Crippen LogP contribution in [-0.2, 0) is 20.8 Å². The van der Waals surface area contributed by atoms with E-state index >= 15 is 0 Å². The molecule has 2 amide bonds. The van der Waals surface area contributed by atoms with Gasteiger partial charge in [0.05, 0.1) is 0 Å². The quantitative estimate of drug-likeness (QED) is 0.603. The third-order valence-electron chi connectivity index (χ3n) is 3.73. The molecule has 0 aliphatic heterocycles. The lowest BCUT2D eigenvalue weighted by molar-refractivity contribution is -0.142. The average Bonchev–Trinajstić information content (AvgIpc) is 2.54. The summed E-state index contributed by atoms with van der Waals surface area (Å²) in [6.07, 6.45) is 1.68. The van der Waals surface area contributed by atoms with Crippen LogP contribution in [0, 0.1) is 5.92 Å². The summed E-state index contributed by atoms with van der Waals surface area (Å²) in [7, 11) is 0. The van der Waals surface area contributed by atoms with Crippen LogP contribution in [0.25, 0.3) is 0 Å². The van der Waals surface area contributed by atoms with E-state index in [1.165, 1.54) is 0 Å². The molecule has 6 heteroatoms. The van der Waals surface area contributed by atoms with E-state index in [9.17, 15) is 19.5 Å². The third kappa shape index (κ3) is 7.83. The molecule has 0 aliphatic rings. The van der Waals surface area contributed by atoms with E-state index in [0.29, 0.717) is 19.3 Å². The maximum atomic E-state index is 12.5. The predicted molar refractivity (Wildman–Crippen MR) is 96.0 cm³/mol. The van der Waals surface area contributed by atoms with E-state index in [2.05, 4.69) is 10.6 Å². The maximum absolute atomic E-state index is 12.5. The van der Waals surface area contributed by atoms with Gasteiger partial charge in [-0.15, -0.1) is 0 Å². The predicted octanol–water partition coefficient (Wildman–Crippen LogP) is 2.13. The fraction of sp³-hybridized carbons (Fsp3) is 0.526. The molecule has 3 N–H and O–H groups in total. The smallest absolute Gasteiger partial charge is 0.326 e. The summed E-state index contributed by atoms with van der Waals surface area (Å²) in [5.74, 6) is -1.56. The van der Waals surface area contributed by atoms with Crippen LogP contribution >= 0.6 is 0 Å². The van der Waals surface area contributed by atoms with Crippen molar-refractivity contribution >= 4 is 17.8 Å². The summed E-state index contributed by atoms with van der Waals surface area (Å²) in [6, 6.07) is 7.36. The van der Waals surface area contributed by atoms with Crippen molar-refractivity contribution in [1.29, 1.82) is 0 Å². The molecule has 0 aliphatic carbocycles. The van der Waals surface area contributed by atoms with Crippen LogP contribution in [0.4, 0.5) is 0 Å². The summed E-state index contributed by atoms with van der Waals surface area (Å²) in [5.41, 5.74) is 0.825. The highest BCUT2D eigenvalue weighted by Crippen LogP contribution is 2.08. The van der Waals surface area contributed by atoms with Gasteiger partial charge in [0.1, 0.15) is 12.1 Å². The lowest BCUT2D eigenvalue weighted by atomic mass is 10.0. The first-order chi connectivity index (χ1) is 11.8. The van der Waals surface area contributed by atoms with Gasteiger partial charge in [-0.05, 0) is 24.3 Å². The van der Waals surface area contributed by atoms with Gasteiger partial charge in [-0.3, -0.25) is 9.59 Å². The third-order valence-corrected chi connectivity index (χ3v) is 3.73. The number of hydrogen-bond donors (Lipinski definition) is 3. The first-order valence-electron chi connectivity index (χ1n) is 8.70. The van der Waals surface area contributed by atoms with Crippen molar-refractivity contribution in [2.75, 3.05) is 0 Å². The normalized spacial score (nSPS) is 13.1. The van der Waals surface area contributed by atoms with Gasteiger partial charge in [-0.25, -0.2) is 4.79 Å². The number of aliphatic carboxylic acids is 1. The van der Waals surface area contributed by atoms with Crippen molar-refractivity contribution in [2.45, 2.75) is 58.5 Å². The second-order valence-electron chi connectivity index (χ2n) is 6.59. The van der Waals surface area contributed by atoms with E-state index < -0.39 is 24.0 Å². The molecule has 0 unspecified atom stereocenters. The highest BCUT2D eigenvalue weighted by Gasteiger charge is 2.27. The molecule has 0 heterocycles. The molecule has 0 spiro atoms. The monoisotopic (exact) mass is 348 g/mol. The number of carboxylic acid groups (broad SMARTS) is 1. The van der Waals surface area contributed by atoms with Gasteiger partial charge < -0.3 is 15.7 Å². The highest BCUT2D eigenvalue weighted by atomic mass is 16.4. The number of amides is 2. The van der Waals surface area contributed by atoms with Gasteiger partial charge in [0, 0.05) is 12.8 Å². The Morgan fingerprint density at radius 3 is 2.20 bits per heavy atom. The molecular weight excluding hydrogens is 320 g/mol. The first-order valence-corrected chi connectivity index (χ1v) is 8.70. The molecule has 6 nitrogen and oxygen atoms in total. The van der Waals surface area contributed by atoms with Crippen molar-refractivity contribution in [3.63, 3.8) is 0 Å². The Balaban J connectivity index is 2.79. The Labute approximate surface area is 149 Å². The van der Waals surface area contributed by atoms with Gasteiger partial charge >= 0.3 is 5.97 Å². The highest BCUT2D eigenvalue weighted by molar-refractivity contribution is 5.90. The molecule has 0 saturated heterocycles. The zero-order valence-electron chi connectivity index (χ0n) is 15.1. The van der Waals surface area contributed by atoms with Crippen LogP contribution in [0.15, 0.2) is 30.3 Å². The number of hydrogen-bond acceptors (Lipinski definition) is 3. The number of carbonyl (C=O) groups is 3. The minimum atomic E-state index is -1.10. The fourth-order valence-corrected chi connectivity index (χ4v) is 2.52. The lowest BCUT2D eigenvalue weighted by Gasteiger charge is -2.23. The summed E-state index contributed by atoms with van der Waals surface area (Å²) in [5, 5.41) is 14.7. The van der Waals surface area contributed by atoms with Crippen molar-refractivity contribution in [3.05, 3.63) is 35.9 Å². The Morgan fingerprint density at radius 2 is 1.68 bits per heavy atom. The second-order valence-corrected chi connectivity index (χ2v) is 6.59. The van der Waals surface area contributed by atoms with Crippen LogP contribution in [0.5, 0.6) is 0 Å². The van der Waals surface area contributed by atoms with Gasteiger partial charge in [0.25, 0.3) is 0 Å².